The van der Waals surface area contributed by atoms with Gasteiger partial charge in [0.25, 0.3) is 5.91 Å². The van der Waals surface area contributed by atoms with E-state index in [1.54, 1.807) is 6.92 Å². The van der Waals surface area contributed by atoms with Crippen LogP contribution in [-0.2, 0) is 4.79 Å². The summed E-state index contributed by atoms with van der Waals surface area (Å²) in [5.41, 5.74) is 2.58. The van der Waals surface area contributed by atoms with E-state index < -0.39 is 0 Å². The van der Waals surface area contributed by atoms with Gasteiger partial charge in [-0.15, -0.1) is 0 Å². The van der Waals surface area contributed by atoms with E-state index in [1.807, 2.05) is 24.3 Å². The van der Waals surface area contributed by atoms with Crippen molar-refractivity contribution < 1.29 is 13.9 Å². The van der Waals surface area contributed by atoms with Crippen LogP contribution >= 0.6 is 0 Å². The van der Waals surface area contributed by atoms with Crippen LogP contribution in [0.25, 0.3) is 11.0 Å². The van der Waals surface area contributed by atoms with Gasteiger partial charge in [-0.2, -0.15) is 0 Å². The summed E-state index contributed by atoms with van der Waals surface area (Å²) in [4.78, 5) is 20.6. The Labute approximate surface area is 132 Å². The Kier molecular flexibility index (Phi) is 4.14. The Morgan fingerprint density at radius 1 is 1.09 bits per heavy atom. The molecule has 1 aromatic heterocycles. The molecule has 0 radical (unpaired) electrons. The fraction of sp³-hybridized carbons (Fsp3) is 0.118. The number of hydrogen-bond acceptors (Lipinski definition) is 4. The fourth-order valence-corrected chi connectivity index (χ4v) is 2.07. The van der Waals surface area contributed by atoms with Crippen molar-refractivity contribution in [1.82, 2.24) is 9.97 Å². The third-order valence-electron chi connectivity index (χ3n) is 3.17. The van der Waals surface area contributed by atoms with Gasteiger partial charge < -0.3 is 10.1 Å². The summed E-state index contributed by atoms with van der Waals surface area (Å²) < 4.78 is 18.3. The smallest absolute Gasteiger partial charge is 0.262 e. The second-order valence-electron chi connectivity index (χ2n) is 4.95. The van der Waals surface area contributed by atoms with Crippen molar-refractivity contribution in [1.29, 1.82) is 0 Å². The molecule has 1 amide bonds. The normalized spacial score (nSPS) is 10.5. The van der Waals surface area contributed by atoms with Gasteiger partial charge in [0.05, 0.1) is 11.0 Å². The van der Waals surface area contributed by atoms with E-state index in [2.05, 4.69) is 15.3 Å². The van der Waals surface area contributed by atoms with Gasteiger partial charge >= 0.3 is 0 Å². The number of amides is 1. The first-order valence-corrected chi connectivity index (χ1v) is 7.03. The van der Waals surface area contributed by atoms with Gasteiger partial charge in [0.1, 0.15) is 11.5 Å². The van der Waals surface area contributed by atoms with E-state index in [9.17, 15) is 9.18 Å². The molecule has 0 aliphatic heterocycles. The molecule has 5 nitrogen and oxygen atoms in total. The average molecular weight is 311 g/mol. The molecule has 6 heteroatoms. The lowest BCUT2D eigenvalue weighted by Crippen LogP contribution is -2.20. The Bertz CT molecular complexity index is 850. The van der Waals surface area contributed by atoms with Crippen LogP contribution in [0.5, 0.6) is 5.88 Å². The number of rotatable bonds is 4. The number of nitrogens with zero attached hydrogens (tertiary/aromatic N) is 2. The number of anilines is 1. The standard InChI is InChI=1S/C17H14FN3O2/c1-11-17(21-15-5-3-2-4-14(15)19-11)23-10-16(22)20-13-8-6-12(18)7-9-13/h2-9H,10H2,1H3,(H,20,22). The Morgan fingerprint density at radius 3 is 2.43 bits per heavy atom. The summed E-state index contributed by atoms with van der Waals surface area (Å²) in [6, 6.07) is 12.9. The highest BCUT2D eigenvalue weighted by atomic mass is 19.1. The molecule has 1 N–H and O–H groups in total. The van der Waals surface area contributed by atoms with Gasteiger partial charge in [0.15, 0.2) is 6.61 Å². The number of ether oxygens (including phenoxy) is 1. The van der Waals surface area contributed by atoms with Crippen molar-refractivity contribution in [2.24, 2.45) is 0 Å². The molecule has 0 saturated carbocycles. The van der Waals surface area contributed by atoms with Gasteiger partial charge in [0.2, 0.25) is 5.88 Å². The zero-order chi connectivity index (χ0) is 16.2. The van der Waals surface area contributed by atoms with Crippen LogP contribution in [-0.4, -0.2) is 22.5 Å². The minimum absolute atomic E-state index is 0.203. The molecule has 0 saturated heterocycles. The number of fused-ring (bicyclic) bond motifs is 1. The Hall–Kier alpha value is -3.02. The van der Waals surface area contributed by atoms with E-state index in [0.29, 0.717) is 22.8 Å². The van der Waals surface area contributed by atoms with Crippen LogP contribution in [0, 0.1) is 12.7 Å². The van der Waals surface area contributed by atoms with Gasteiger partial charge in [-0.25, -0.2) is 14.4 Å². The second-order valence-corrected chi connectivity index (χ2v) is 4.95. The molecule has 116 valence electrons. The lowest BCUT2D eigenvalue weighted by Gasteiger charge is -2.09. The van der Waals surface area contributed by atoms with Gasteiger partial charge in [-0.05, 0) is 43.3 Å². The highest BCUT2D eigenvalue weighted by Crippen LogP contribution is 2.18. The average Bonchev–Trinajstić information content (AvgIpc) is 2.55. The maximum Gasteiger partial charge on any atom is 0.262 e. The van der Waals surface area contributed by atoms with Crippen LogP contribution in [0.15, 0.2) is 48.5 Å². The number of nitrogens with one attached hydrogen (secondary N) is 1. The van der Waals surface area contributed by atoms with E-state index in [4.69, 9.17) is 4.74 Å². The molecule has 0 atom stereocenters. The molecular formula is C17H14FN3O2. The number of hydrogen-bond donors (Lipinski definition) is 1. The molecule has 0 bridgehead atoms. The van der Waals surface area contributed by atoms with Crippen LogP contribution in [0.4, 0.5) is 10.1 Å². The van der Waals surface area contributed by atoms with Crippen LogP contribution in [0.3, 0.4) is 0 Å². The third-order valence-corrected chi connectivity index (χ3v) is 3.17. The summed E-state index contributed by atoms with van der Waals surface area (Å²) >= 11 is 0. The molecule has 3 rings (SSSR count). The monoisotopic (exact) mass is 311 g/mol. The van der Waals surface area contributed by atoms with Crippen molar-refractivity contribution in [2.45, 2.75) is 6.92 Å². The van der Waals surface area contributed by atoms with Crippen molar-refractivity contribution >= 4 is 22.6 Å². The minimum atomic E-state index is -0.360. The predicted octanol–water partition coefficient (Wildman–Crippen LogP) is 3.09. The van der Waals surface area contributed by atoms with Crippen molar-refractivity contribution in [2.75, 3.05) is 11.9 Å². The first-order valence-electron chi connectivity index (χ1n) is 7.03. The number of benzene rings is 2. The number of carbonyl (C=O) groups is 1. The van der Waals surface area contributed by atoms with Crippen molar-refractivity contribution in [3.05, 3.63) is 60.0 Å². The highest BCUT2D eigenvalue weighted by molar-refractivity contribution is 5.91. The maximum atomic E-state index is 12.8. The third kappa shape index (κ3) is 3.60. The summed E-state index contributed by atoms with van der Waals surface area (Å²) in [6.07, 6.45) is 0. The fourth-order valence-electron chi connectivity index (χ4n) is 2.07. The number of aryl methyl sites for hydroxylation is 1. The topological polar surface area (TPSA) is 64.1 Å². The van der Waals surface area contributed by atoms with Gasteiger partial charge in [-0.3, -0.25) is 4.79 Å². The summed E-state index contributed by atoms with van der Waals surface area (Å²) in [6.45, 7) is 1.57. The van der Waals surface area contributed by atoms with Crippen LogP contribution in [0.1, 0.15) is 5.69 Å². The molecular weight excluding hydrogens is 297 g/mol. The van der Waals surface area contributed by atoms with Crippen molar-refractivity contribution in [3.63, 3.8) is 0 Å². The van der Waals surface area contributed by atoms with Gasteiger partial charge in [-0.1, -0.05) is 12.1 Å². The Morgan fingerprint density at radius 2 is 1.74 bits per heavy atom. The number of halogens is 1. The minimum Gasteiger partial charge on any atom is -0.466 e. The molecule has 1 heterocycles. The number of carbonyl (C=O) groups excluding carboxylic acids is 1. The van der Waals surface area contributed by atoms with E-state index in [0.717, 1.165) is 5.52 Å². The zero-order valence-electron chi connectivity index (χ0n) is 12.4. The van der Waals surface area contributed by atoms with E-state index in [1.165, 1.54) is 24.3 Å². The summed E-state index contributed by atoms with van der Waals surface area (Å²) in [5, 5.41) is 2.62. The molecule has 3 aromatic rings. The van der Waals surface area contributed by atoms with Crippen molar-refractivity contribution in [3.8, 4) is 5.88 Å². The molecule has 0 aliphatic rings. The summed E-state index contributed by atoms with van der Waals surface area (Å²) in [5.74, 6) is -0.398. The molecule has 2 aromatic carbocycles. The second kappa shape index (κ2) is 6.39. The summed E-state index contributed by atoms with van der Waals surface area (Å²) in [7, 11) is 0. The van der Waals surface area contributed by atoms with E-state index >= 15 is 0 Å². The Balaban J connectivity index is 1.66. The quantitative estimate of drug-likeness (QED) is 0.804. The van der Waals surface area contributed by atoms with E-state index in [-0.39, 0.29) is 18.3 Å². The zero-order valence-corrected chi connectivity index (χ0v) is 12.4. The molecule has 0 spiro atoms. The molecule has 0 unspecified atom stereocenters. The largest absolute Gasteiger partial charge is 0.466 e. The first-order chi connectivity index (χ1) is 11.1. The number of para-hydroxylation sites is 2. The lowest BCUT2D eigenvalue weighted by molar-refractivity contribution is -0.118. The lowest BCUT2D eigenvalue weighted by atomic mass is 10.3. The SMILES string of the molecule is Cc1nc2ccccc2nc1OCC(=O)Nc1ccc(F)cc1. The highest BCUT2D eigenvalue weighted by Gasteiger charge is 2.09. The molecule has 23 heavy (non-hydrogen) atoms. The predicted molar refractivity (Wildman–Crippen MR) is 84.8 cm³/mol. The molecule has 0 aliphatic carbocycles. The molecule has 0 fully saturated rings. The van der Waals surface area contributed by atoms with Gasteiger partial charge in [0, 0.05) is 5.69 Å². The first kappa shape index (κ1) is 14.9. The van der Waals surface area contributed by atoms with Crippen LogP contribution < -0.4 is 10.1 Å². The number of aromatic nitrogens is 2. The van der Waals surface area contributed by atoms with Crippen LogP contribution in [0.2, 0.25) is 0 Å². The maximum absolute atomic E-state index is 12.8.